The summed E-state index contributed by atoms with van der Waals surface area (Å²) in [7, 11) is 0. The van der Waals surface area contributed by atoms with Crippen LogP contribution >= 0.6 is 0 Å². The van der Waals surface area contributed by atoms with Crippen molar-refractivity contribution in [2.45, 2.75) is 18.9 Å². The topological polar surface area (TPSA) is 53.9 Å². The number of hydrogen-bond donors (Lipinski definition) is 1. The Bertz CT molecular complexity index is 608. The Morgan fingerprint density at radius 2 is 1.68 bits per heavy atom. The summed E-state index contributed by atoms with van der Waals surface area (Å²) in [4.78, 5) is 12.1. The van der Waals surface area contributed by atoms with Gasteiger partial charge in [0, 0.05) is 0 Å². The van der Waals surface area contributed by atoms with Crippen molar-refractivity contribution in [1.82, 2.24) is 0 Å². The Balaban J connectivity index is 2.26. The lowest BCUT2D eigenvalue weighted by atomic mass is 9.91. The molecule has 0 spiro atoms. The zero-order chi connectivity index (χ0) is 15.8. The van der Waals surface area contributed by atoms with Crippen molar-refractivity contribution in [2.75, 3.05) is 6.61 Å². The molecule has 2 atom stereocenters. The van der Waals surface area contributed by atoms with Gasteiger partial charge in [-0.15, -0.1) is 0 Å². The van der Waals surface area contributed by atoms with E-state index in [1.807, 2.05) is 79.7 Å². The van der Waals surface area contributed by atoms with Gasteiger partial charge in [-0.2, -0.15) is 0 Å². The van der Waals surface area contributed by atoms with Crippen LogP contribution in [0.25, 0.3) is 6.08 Å². The predicted octanol–water partition coefficient (Wildman–Crippen LogP) is 2.66. The van der Waals surface area contributed by atoms with E-state index in [1.54, 1.807) is 0 Å². The quantitative estimate of drug-likeness (QED) is 0.833. The molecular formula is C19H22NO2+. The Hall–Kier alpha value is -2.39. The van der Waals surface area contributed by atoms with Crippen LogP contribution < -0.4 is 5.73 Å². The summed E-state index contributed by atoms with van der Waals surface area (Å²) in [5.74, 6) is -0.380. The largest absolute Gasteiger partial charge is 0.462 e. The van der Waals surface area contributed by atoms with E-state index in [2.05, 4.69) is 5.73 Å². The number of esters is 1. The van der Waals surface area contributed by atoms with Crippen LogP contribution in [0.5, 0.6) is 0 Å². The number of benzene rings is 2. The van der Waals surface area contributed by atoms with Gasteiger partial charge in [0.05, 0.1) is 12.5 Å². The normalized spacial score (nSPS) is 13.7. The van der Waals surface area contributed by atoms with E-state index in [0.717, 1.165) is 11.1 Å². The molecule has 2 rings (SSSR count). The highest BCUT2D eigenvalue weighted by atomic mass is 16.5. The third-order valence-electron chi connectivity index (χ3n) is 3.50. The predicted molar refractivity (Wildman–Crippen MR) is 88.0 cm³/mol. The van der Waals surface area contributed by atoms with Crippen LogP contribution in [0.15, 0.2) is 66.7 Å². The second-order valence-corrected chi connectivity index (χ2v) is 5.06. The molecule has 0 fully saturated rings. The molecule has 0 aromatic heterocycles. The van der Waals surface area contributed by atoms with E-state index in [4.69, 9.17) is 4.74 Å². The Morgan fingerprint density at radius 1 is 1.09 bits per heavy atom. The average Bonchev–Trinajstić information content (AvgIpc) is 2.57. The zero-order valence-electron chi connectivity index (χ0n) is 12.8. The zero-order valence-corrected chi connectivity index (χ0v) is 12.8. The van der Waals surface area contributed by atoms with Crippen LogP contribution in [0, 0.1) is 0 Å². The minimum atomic E-state index is -0.470. The summed E-state index contributed by atoms with van der Waals surface area (Å²) in [5, 5.41) is 0. The van der Waals surface area contributed by atoms with Crippen LogP contribution in [0.3, 0.4) is 0 Å². The molecule has 0 amide bonds. The monoisotopic (exact) mass is 296 g/mol. The van der Waals surface area contributed by atoms with Crippen molar-refractivity contribution in [2.24, 2.45) is 0 Å². The molecule has 114 valence electrons. The van der Waals surface area contributed by atoms with Gasteiger partial charge in [-0.1, -0.05) is 72.8 Å². The molecule has 22 heavy (non-hydrogen) atoms. The maximum Gasteiger partial charge on any atom is 0.365 e. The standard InChI is InChI=1S/C19H21NO2/c1-2-22-19(21)18(20)17(16-11-7-4-8-12-16)14-13-15-9-5-3-6-10-15/h3-14,17-18H,2,20H2,1H3/p+1/b14-13+. The molecule has 2 aromatic rings. The van der Waals surface area contributed by atoms with E-state index in [0.29, 0.717) is 6.61 Å². The van der Waals surface area contributed by atoms with Gasteiger partial charge in [-0.3, -0.25) is 0 Å². The van der Waals surface area contributed by atoms with Gasteiger partial charge in [0.15, 0.2) is 6.04 Å². The van der Waals surface area contributed by atoms with E-state index in [1.165, 1.54) is 0 Å². The SMILES string of the molecule is CCOC(=O)C([NH3+])C(/C=C/c1ccccc1)c1ccccc1. The average molecular weight is 296 g/mol. The van der Waals surface area contributed by atoms with Gasteiger partial charge >= 0.3 is 5.97 Å². The maximum absolute atomic E-state index is 12.1. The van der Waals surface area contributed by atoms with E-state index >= 15 is 0 Å². The van der Waals surface area contributed by atoms with E-state index < -0.39 is 6.04 Å². The van der Waals surface area contributed by atoms with Gasteiger partial charge < -0.3 is 10.5 Å². The first-order chi connectivity index (χ1) is 10.7. The van der Waals surface area contributed by atoms with E-state index in [9.17, 15) is 4.79 Å². The summed E-state index contributed by atoms with van der Waals surface area (Å²) in [5.41, 5.74) is 6.17. The third kappa shape index (κ3) is 4.30. The summed E-state index contributed by atoms with van der Waals surface area (Å²) in [6.45, 7) is 2.18. The molecule has 0 radical (unpaired) electrons. The number of hydrogen-bond acceptors (Lipinski definition) is 2. The van der Waals surface area contributed by atoms with Crippen molar-refractivity contribution in [3.8, 4) is 0 Å². The van der Waals surface area contributed by atoms with Gasteiger partial charge in [-0.25, -0.2) is 4.79 Å². The fraction of sp³-hybridized carbons (Fsp3) is 0.211. The molecule has 0 aliphatic heterocycles. The van der Waals surface area contributed by atoms with Gasteiger partial charge in [0.1, 0.15) is 0 Å². The highest BCUT2D eigenvalue weighted by molar-refractivity contribution is 5.76. The Kier molecular flexibility index (Phi) is 5.92. The van der Waals surface area contributed by atoms with Crippen molar-refractivity contribution in [3.05, 3.63) is 77.9 Å². The lowest BCUT2D eigenvalue weighted by molar-refractivity contribution is -0.411. The first-order valence-electron chi connectivity index (χ1n) is 7.50. The maximum atomic E-state index is 12.1. The van der Waals surface area contributed by atoms with Gasteiger partial charge in [-0.05, 0) is 18.1 Å². The first kappa shape index (κ1) is 16.0. The molecule has 3 N–H and O–H groups in total. The number of ether oxygens (including phenoxy) is 1. The van der Waals surface area contributed by atoms with Crippen molar-refractivity contribution >= 4 is 12.0 Å². The highest BCUT2D eigenvalue weighted by Crippen LogP contribution is 2.21. The molecule has 0 aliphatic rings. The van der Waals surface area contributed by atoms with Crippen LogP contribution in [0.1, 0.15) is 24.0 Å². The highest BCUT2D eigenvalue weighted by Gasteiger charge is 2.28. The van der Waals surface area contributed by atoms with Gasteiger partial charge in [0.25, 0.3) is 0 Å². The molecular weight excluding hydrogens is 274 g/mol. The summed E-state index contributed by atoms with van der Waals surface area (Å²) < 4.78 is 5.12. The van der Waals surface area contributed by atoms with E-state index in [-0.39, 0.29) is 11.9 Å². The lowest BCUT2D eigenvalue weighted by Crippen LogP contribution is -2.67. The minimum absolute atomic E-state index is 0.111. The summed E-state index contributed by atoms with van der Waals surface area (Å²) in [6.07, 6.45) is 4.05. The number of quaternary nitrogens is 1. The first-order valence-corrected chi connectivity index (χ1v) is 7.50. The third-order valence-corrected chi connectivity index (χ3v) is 3.50. The number of carbonyl (C=O) groups is 1. The summed E-state index contributed by atoms with van der Waals surface area (Å²) in [6, 6.07) is 19.5. The van der Waals surface area contributed by atoms with Crippen molar-refractivity contribution in [1.29, 1.82) is 0 Å². The van der Waals surface area contributed by atoms with Crippen molar-refractivity contribution < 1.29 is 15.3 Å². The molecule has 0 saturated carbocycles. The fourth-order valence-electron chi connectivity index (χ4n) is 2.33. The fourth-order valence-corrected chi connectivity index (χ4v) is 2.33. The minimum Gasteiger partial charge on any atom is -0.462 e. The molecule has 0 aliphatic carbocycles. The molecule has 2 aromatic carbocycles. The molecule has 0 saturated heterocycles. The number of rotatable bonds is 6. The van der Waals surface area contributed by atoms with Crippen LogP contribution in [0.4, 0.5) is 0 Å². The van der Waals surface area contributed by atoms with Crippen LogP contribution in [-0.4, -0.2) is 18.6 Å². The lowest BCUT2D eigenvalue weighted by Gasteiger charge is -2.17. The molecule has 2 unspecified atom stereocenters. The Morgan fingerprint density at radius 3 is 2.27 bits per heavy atom. The second kappa shape index (κ2) is 8.15. The molecule has 0 bridgehead atoms. The molecule has 0 heterocycles. The number of carbonyl (C=O) groups excluding carboxylic acids is 1. The molecule has 3 heteroatoms. The van der Waals surface area contributed by atoms with Gasteiger partial charge in [0.2, 0.25) is 0 Å². The second-order valence-electron chi connectivity index (χ2n) is 5.06. The molecule has 3 nitrogen and oxygen atoms in total. The van der Waals surface area contributed by atoms with Crippen molar-refractivity contribution in [3.63, 3.8) is 0 Å². The van der Waals surface area contributed by atoms with Crippen LogP contribution in [-0.2, 0) is 9.53 Å². The summed E-state index contributed by atoms with van der Waals surface area (Å²) >= 11 is 0. The smallest absolute Gasteiger partial charge is 0.365 e. The van der Waals surface area contributed by atoms with Crippen LogP contribution in [0.2, 0.25) is 0 Å². The Labute approximate surface area is 131 Å².